The summed E-state index contributed by atoms with van der Waals surface area (Å²) in [4.78, 5) is 15.9. The van der Waals surface area contributed by atoms with Gasteiger partial charge in [-0.05, 0) is 73.3 Å². The Hall–Kier alpha value is -8.21. The molecule has 11 aromatic rings. The average Bonchev–Trinajstić information content (AvgIpc) is 3.98. The number of furan rings is 1. The first kappa shape index (κ1) is 34.6. The van der Waals surface area contributed by atoms with E-state index >= 15 is 0 Å². The van der Waals surface area contributed by atoms with Crippen LogP contribution in [0.25, 0.3) is 101 Å². The molecule has 0 amide bonds. The molecule has 0 saturated carbocycles. The van der Waals surface area contributed by atoms with E-state index in [0.29, 0.717) is 17.5 Å². The summed E-state index contributed by atoms with van der Waals surface area (Å²) in [6.07, 6.45) is 0. The summed E-state index contributed by atoms with van der Waals surface area (Å²) in [5, 5.41) is 2.17. The number of nitrogens with zero attached hydrogens (tertiary/aromatic N) is 3. The van der Waals surface area contributed by atoms with Crippen LogP contribution in [-0.2, 0) is 5.41 Å². The van der Waals surface area contributed by atoms with Crippen LogP contribution in [-0.4, -0.2) is 15.0 Å². The van der Waals surface area contributed by atoms with Crippen molar-refractivity contribution in [1.82, 2.24) is 15.0 Å². The second kappa shape index (κ2) is 13.4. The van der Waals surface area contributed by atoms with Crippen LogP contribution >= 0.6 is 0 Å². The fourth-order valence-electron chi connectivity index (χ4n) is 10.4. The van der Waals surface area contributed by atoms with Gasteiger partial charge in [0, 0.05) is 33.0 Å². The second-order valence-corrected chi connectivity index (χ2v) is 16.2. The maximum Gasteiger partial charge on any atom is 0.164 e. The summed E-state index contributed by atoms with van der Waals surface area (Å²) in [7, 11) is 0. The number of hydrogen-bond donors (Lipinski definition) is 0. The molecule has 2 heterocycles. The Labute approximate surface area is 358 Å². The Balaban J connectivity index is 1.02. The van der Waals surface area contributed by atoms with Crippen molar-refractivity contribution in [2.24, 2.45) is 0 Å². The van der Waals surface area contributed by atoms with Crippen LogP contribution in [0.1, 0.15) is 22.3 Å². The Morgan fingerprint density at radius 3 is 1.42 bits per heavy atom. The molecule has 0 N–H and O–H groups in total. The highest BCUT2D eigenvalue weighted by molar-refractivity contribution is 6.10. The number of rotatable bonds is 5. The zero-order valence-electron chi connectivity index (χ0n) is 33.5. The lowest BCUT2D eigenvalue weighted by molar-refractivity contribution is 0.670. The van der Waals surface area contributed by atoms with Crippen molar-refractivity contribution in [3.63, 3.8) is 0 Å². The fraction of sp³-hybridized carbons (Fsp3) is 0.0172. The van der Waals surface area contributed by atoms with E-state index in [-0.39, 0.29) is 0 Å². The molecule has 0 atom stereocenters. The summed E-state index contributed by atoms with van der Waals surface area (Å²) < 4.78 is 6.55. The van der Waals surface area contributed by atoms with E-state index in [9.17, 15) is 0 Å². The Kier molecular flexibility index (Phi) is 7.49. The van der Waals surface area contributed by atoms with E-state index < -0.39 is 5.41 Å². The quantitative estimate of drug-likeness (QED) is 0.174. The van der Waals surface area contributed by atoms with E-state index in [2.05, 4.69) is 182 Å². The summed E-state index contributed by atoms with van der Waals surface area (Å²) in [6, 6.07) is 75.5. The van der Waals surface area contributed by atoms with Crippen molar-refractivity contribution in [3.8, 4) is 78.7 Å². The van der Waals surface area contributed by atoms with Gasteiger partial charge in [-0.15, -0.1) is 0 Å². The SMILES string of the molecule is c1ccc(-c2nc(-c3ccccc3-c3ccc4c(c3)C3(c5ccccc5-c5ccccc53)c3ccccc3-4)nc(-c3ccccc3-c3cccc4c3oc3ccccc34)n2)cc1. The molecular weight excluding hydrogens is 755 g/mol. The van der Waals surface area contributed by atoms with Crippen molar-refractivity contribution in [2.45, 2.75) is 5.41 Å². The van der Waals surface area contributed by atoms with E-state index in [0.717, 1.165) is 60.9 Å². The summed E-state index contributed by atoms with van der Waals surface area (Å²) in [5.74, 6) is 1.81. The van der Waals surface area contributed by atoms with Crippen molar-refractivity contribution in [1.29, 1.82) is 0 Å². The monoisotopic (exact) mass is 789 g/mol. The van der Waals surface area contributed by atoms with E-state index in [1.807, 2.05) is 30.3 Å². The first-order chi connectivity index (χ1) is 30.8. The van der Waals surface area contributed by atoms with Gasteiger partial charge in [0.05, 0.1) is 5.41 Å². The van der Waals surface area contributed by atoms with E-state index in [1.54, 1.807) is 0 Å². The van der Waals surface area contributed by atoms with Crippen LogP contribution in [0, 0.1) is 0 Å². The molecule has 2 aliphatic carbocycles. The van der Waals surface area contributed by atoms with Gasteiger partial charge in [-0.2, -0.15) is 0 Å². The summed E-state index contributed by atoms with van der Waals surface area (Å²) >= 11 is 0. The molecule has 0 bridgehead atoms. The zero-order chi connectivity index (χ0) is 40.8. The molecule has 2 aromatic heterocycles. The van der Waals surface area contributed by atoms with Crippen molar-refractivity contribution in [3.05, 3.63) is 235 Å². The predicted octanol–water partition coefficient (Wildman–Crippen LogP) is 14.4. The molecule has 62 heavy (non-hydrogen) atoms. The van der Waals surface area contributed by atoms with Gasteiger partial charge in [0.25, 0.3) is 0 Å². The summed E-state index contributed by atoms with van der Waals surface area (Å²) in [6.45, 7) is 0. The first-order valence-electron chi connectivity index (χ1n) is 21.1. The number of para-hydroxylation sites is 2. The van der Waals surface area contributed by atoms with Crippen LogP contribution < -0.4 is 0 Å². The smallest absolute Gasteiger partial charge is 0.164 e. The number of fused-ring (bicyclic) bond motifs is 13. The van der Waals surface area contributed by atoms with Gasteiger partial charge in [0.2, 0.25) is 0 Å². The molecule has 0 unspecified atom stereocenters. The van der Waals surface area contributed by atoms with Crippen molar-refractivity contribution in [2.75, 3.05) is 0 Å². The lowest BCUT2D eigenvalue weighted by atomic mass is 9.70. The van der Waals surface area contributed by atoms with Gasteiger partial charge >= 0.3 is 0 Å². The maximum atomic E-state index is 6.55. The molecule has 0 fully saturated rings. The molecule has 0 aliphatic heterocycles. The molecular formula is C58H35N3O. The standard InChI is InChI=1S/C58H35N3O/c1-2-17-36(18-3-1)55-59-56(61-57(60-55)48-26-7-5-20-39(48)45-27-16-28-46-44-24-11-15-32-53(44)62-54(45)46)47-25-6-4-19-38(47)37-33-34-43-42-23-10-14-31-51(42)58(52(43)35-37)49-29-12-8-21-40(49)41-22-9-13-30-50(41)58/h1-35H. The lowest BCUT2D eigenvalue weighted by Crippen LogP contribution is -2.25. The highest BCUT2D eigenvalue weighted by atomic mass is 16.3. The second-order valence-electron chi connectivity index (χ2n) is 16.2. The lowest BCUT2D eigenvalue weighted by Gasteiger charge is -2.30. The third-order valence-corrected chi connectivity index (χ3v) is 13.0. The molecule has 288 valence electrons. The van der Waals surface area contributed by atoms with Crippen molar-refractivity contribution >= 4 is 21.9 Å². The largest absolute Gasteiger partial charge is 0.455 e. The molecule has 2 aliphatic rings. The molecule has 4 heteroatoms. The highest BCUT2D eigenvalue weighted by Gasteiger charge is 2.51. The third kappa shape index (κ3) is 4.92. The van der Waals surface area contributed by atoms with Crippen LogP contribution in [0.2, 0.25) is 0 Å². The Morgan fingerprint density at radius 1 is 0.290 bits per heavy atom. The van der Waals surface area contributed by atoms with E-state index in [1.165, 1.54) is 44.5 Å². The number of hydrogen-bond acceptors (Lipinski definition) is 4. The fourth-order valence-corrected chi connectivity index (χ4v) is 10.4. The molecule has 13 rings (SSSR count). The minimum absolute atomic E-state index is 0.447. The molecule has 4 nitrogen and oxygen atoms in total. The third-order valence-electron chi connectivity index (χ3n) is 13.0. The van der Waals surface area contributed by atoms with Gasteiger partial charge in [-0.3, -0.25) is 0 Å². The van der Waals surface area contributed by atoms with Gasteiger partial charge in [-0.1, -0.05) is 200 Å². The van der Waals surface area contributed by atoms with E-state index in [4.69, 9.17) is 19.4 Å². The minimum Gasteiger partial charge on any atom is -0.455 e. The minimum atomic E-state index is -0.447. The predicted molar refractivity (Wildman–Crippen MR) is 251 cm³/mol. The Morgan fingerprint density at radius 2 is 0.758 bits per heavy atom. The topological polar surface area (TPSA) is 51.8 Å². The van der Waals surface area contributed by atoms with Gasteiger partial charge in [0.15, 0.2) is 17.5 Å². The highest BCUT2D eigenvalue weighted by Crippen LogP contribution is 2.63. The van der Waals surface area contributed by atoms with Crippen LogP contribution in [0.3, 0.4) is 0 Å². The van der Waals surface area contributed by atoms with Crippen LogP contribution in [0.5, 0.6) is 0 Å². The first-order valence-corrected chi connectivity index (χ1v) is 21.1. The number of benzene rings is 9. The average molecular weight is 790 g/mol. The van der Waals surface area contributed by atoms with Crippen LogP contribution in [0.15, 0.2) is 217 Å². The normalized spacial score (nSPS) is 13.0. The number of aromatic nitrogens is 3. The molecule has 9 aromatic carbocycles. The summed E-state index contributed by atoms with van der Waals surface area (Å²) in [5.41, 5.74) is 18.5. The van der Waals surface area contributed by atoms with Gasteiger partial charge < -0.3 is 4.42 Å². The van der Waals surface area contributed by atoms with Crippen molar-refractivity contribution < 1.29 is 4.42 Å². The maximum absolute atomic E-state index is 6.55. The molecule has 0 radical (unpaired) electrons. The molecule has 1 spiro atoms. The Bertz CT molecular complexity index is 3540. The van der Waals surface area contributed by atoms with Crippen LogP contribution in [0.4, 0.5) is 0 Å². The molecule has 0 saturated heterocycles. The zero-order valence-corrected chi connectivity index (χ0v) is 33.5. The van der Waals surface area contributed by atoms with Gasteiger partial charge in [0.1, 0.15) is 11.2 Å². The van der Waals surface area contributed by atoms with Gasteiger partial charge in [-0.25, -0.2) is 15.0 Å².